The van der Waals surface area contributed by atoms with Crippen LogP contribution in [-0.4, -0.2) is 20.9 Å². The lowest BCUT2D eigenvalue weighted by Crippen LogP contribution is -2.15. The van der Waals surface area contributed by atoms with Crippen LogP contribution in [0.4, 0.5) is 5.69 Å². The second-order valence-corrected chi connectivity index (χ2v) is 9.53. The third-order valence-electron chi connectivity index (χ3n) is 6.05. The van der Waals surface area contributed by atoms with E-state index in [1.54, 1.807) is 23.7 Å². The van der Waals surface area contributed by atoms with Crippen molar-refractivity contribution in [3.05, 3.63) is 94.2 Å². The maximum Gasteiger partial charge on any atom is 0.256 e. The zero-order valence-electron chi connectivity index (χ0n) is 18.1. The van der Waals surface area contributed by atoms with E-state index in [1.165, 1.54) is 0 Å². The molecule has 3 heterocycles. The first-order valence-corrected chi connectivity index (χ1v) is 12.3. The molecule has 0 saturated carbocycles. The molecular weight excluding hydrogens is 464 g/mol. The number of carbonyl (C=O) groups is 1. The molecule has 5 aromatic rings. The van der Waals surface area contributed by atoms with Gasteiger partial charge in [-0.3, -0.25) is 14.8 Å². The Hall–Kier alpha value is -3.61. The Labute approximate surface area is 205 Å². The van der Waals surface area contributed by atoms with Crippen LogP contribution in [0.5, 0.6) is 0 Å². The summed E-state index contributed by atoms with van der Waals surface area (Å²) < 4.78 is 0. The Kier molecular flexibility index (Phi) is 5.32. The number of rotatable bonds is 4. The number of nitrogens with one attached hydrogen (secondary N) is 1. The van der Waals surface area contributed by atoms with Crippen LogP contribution in [0.15, 0.2) is 72.4 Å². The van der Waals surface area contributed by atoms with E-state index in [0.29, 0.717) is 10.6 Å². The molecule has 0 atom stereocenters. The van der Waals surface area contributed by atoms with E-state index in [1.807, 2.05) is 60.0 Å². The lowest BCUT2D eigenvalue weighted by molar-refractivity contribution is 0.102. The Morgan fingerprint density at radius 1 is 0.971 bits per heavy atom. The number of thiazole rings is 1. The van der Waals surface area contributed by atoms with Gasteiger partial charge in [0.05, 0.1) is 16.8 Å². The van der Waals surface area contributed by atoms with Crippen LogP contribution in [0.2, 0.25) is 5.02 Å². The van der Waals surface area contributed by atoms with E-state index in [4.69, 9.17) is 21.6 Å². The molecular formula is C27H19ClN4OS. The zero-order chi connectivity index (χ0) is 23.1. The van der Waals surface area contributed by atoms with Crippen LogP contribution in [-0.2, 0) is 12.8 Å². The Morgan fingerprint density at radius 2 is 1.85 bits per heavy atom. The van der Waals surface area contributed by atoms with Gasteiger partial charge in [0, 0.05) is 50.7 Å². The number of aryl methyl sites for hydroxylation is 1. The fourth-order valence-electron chi connectivity index (χ4n) is 4.48. The Balaban J connectivity index is 1.33. The second-order valence-electron chi connectivity index (χ2n) is 8.24. The van der Waals surface area contributed by atoms with E-state index < -0.39 is 0 Å². The summed E-state index contributed by atoms with van der Waals surface area (Å²) in [5.41, 5.74) is 7.10. The average molecular weight is 483 g/mol. The molecule has 3 aromatic heterocycles. The number of fused-ring (bicyclic) bond motifs is 2. The highest BCUT2D eigenvalue weighted by Gasteiger charge is 2.24. The van der Waals surface area contributed by atoms with E-state index in [2.05, 4.69) is 10.3 Å². The fourth-order valence-corrected chi connectivity index (χ4v) is 5.48. The smallest absolute Gasteiger partial charge is 0.256 e. The number of benzene rings is 2. The molecule has 5 nitrogen and oxygen atoms in total. The molecule has 2 aromatic carbocycles. The van der Waals surface area contributed by atoms with Crippen molar-refractivity contribution in [3.8, 4) is 21.8 Å². The number of halogens is 1. The van der Waals surface area contributed by atoms with Gasteiger partial charge in [0.1, 0.15) is 5.01 Å². The molecule has 166 valence electrons. The first-order valence-electron chi connectivity index (χ1n) is 11.0. The largest absolute Gasteiger partial charge is 0.322 e. The van der Waals surface area contributed by atoms with Gasteiger partial charge in [-0.05, 0) is 67.3 Å². The highest BCUT2D eigenvalue weighted by Crippen LogP contribution is 2.33. The van der Waals surface area contributed by atoms with Crippen molar-refractivity contribution in [3.63, 3.8) is 0 Å². The van der Waals surface area contributed by atoms with Gasteiger partial charge in [-0.25, -0.2) is 4.98 Å². The summed E-state index contributed by atoms with van der Waals surface area (Å²) in [7, 11) is 0. The lowest BCUT2D eigenvalue weighted by atomic mass is 10.0. The van der Waals surface area contributed by atoms with Crippen molar-refractivity contribution in [2.24, 2.45) is 0 Å². The third kappa shape index (κ3) is 3.85. The molecule has 34 heavy (non-hydrogen) atoms. The molecule has 7 heteroatoms. The number of hydrogen-bond donors (Lipinski definition) is 1. The van der Waals surface area contributed by atoms with Gasteiger partial charge in [-0.15, -0.1) is 11.3 Å². The monoisotopic (exact) mass is 482 g/mol. The minimum absolute atomic E-state index is 0.138. The van der Waals surface area contributed by atoms with Gasteiger partial charge in [0.25, 0.3) is 5.91 Å². The topological polar surface area (TPSA) is 67.8 Å². The quantitative estimate of drug-likeness (QED) is 0.305. The van der Waals surface area contributed by atoms with Gasteiger partial charge < -0.3 is 5.32 Å². The van der Waals surface area contributed by atoms with E-state index in [0.717, 1.165) is 68.9 Å². The minimum Gasteiger partial charge on any atom is -0.322 e. The number of carbonyl (C=O) groups excluding carboxylic acids is 1. The molecule has 1 aliphatic carbocycles. The van der Waals surface area contributed by atoms with Gasteiger partial charge in [-0.2, -0.15) is 0 Å². The first-order chi connectivity index (χ1) is 16.7. The number of aromatic nitrogens is 3. The van der Waals surface area contributed by atoms with E-state index >= 15 is 0 Å². The van der Waals surface area contributed by atoms with Crippen LogP contribution in [0, 0.1) is 0 Å². The number of nitrogens with zero attached hydrogens (tertiary/aromatic N) is 3. The molecule has 0 fully saturated rings. The maximum absolute atomic E-state index is 13.5. The van der Waals surface area contributed by atoms with Gasteiger partial charge in [0.2, 0.25) is 0 Å². The van der Waals surface area contributed by atoms with Gasteiger partial charge in [-0.1, -0.05) is 23.7 Å². The number of pyridine rings is 2. The normalized spacial score (nSPS) is 12.6. The summed E-state index contributed by atoms with van der Waals surface area (Å²) >= 11 is 7.86. The van der Waals surface area contributed by atoms with Crippen LogP contribution >= 0.6 is 22.9 Å². The molecule has 0 radical (unpaired) electrons. The van der Waals surface area contributed by atoms with Crippen molar-refractivity contribution in [1.29, 1.82) is 0 Å². The molecule has 1 amide bonds. The summed E-state index contributed by atoms with van der Waals surface area (Å²) in [5, 5.41) is 7.46. The van der Waals surface area contributed by atoms with E-state index in [-0.39, 0.29) is 5.91 Å². The molecule has 1 N–H and O–H groups in total. The SMILES string of the molecule is O=C(Nc1cccc(-c2csc(-c3ccncc3)n2)c1)c1c2c(nc3ccc(Cl)cc13)CCC2. The minimum atomic E-state index is -0.138. The van der Waals surface area contributed by atoms with Gasteiger partial charge in [0.15, 0.2) is 0 Å². The molecule has 0 saturated heterocycles. The first kappa shape index (κ1) is 21.0. The van der Waals surface area contributed by atoms with Crippen LogP contribution in [0.3, 0.4) is 0 Å². The van der Waals surface area contributed by atoms with Crippen molar-refractivity contribution in [2.75, 3.05) is 5.32 Å². The van der Waals surface area contributed by atoms with Crippen molar-refractivity contribution in [2.45, 2.75) is 19.3 Å². The second kappa shape index (κ2) is 8.63. The zero-order valence-corrected chi connectivity index (χ0v) is 19.7. The van der Waals surface area contributed by atoms with Crippen molar-refractivity contribution >= 4 is 45.4 Å². The fraction of sp³-hybridized carbons (Fsp3) is 0.111. The summed E-state index contributed by atoms with van der Waals surface area (Å²) in [5.74, 6) is -0.138. The van der Waals surface area contributed by atoms with Crippen LogP contribution < -0.4 is 5.32 Å². The van der Waals surface area contributed by atoms with E-state index in [9.17, 15) is 4.79 Å². The van der Waals surface area contributed by atoms with Crippen molar-refractivity contribution in [1.82, 2.24) is 15.0 Å². The van der Waals surface area contributed by atoms with Crippen LogP contribution in [0.1, 0.15) is 28.0 Å². The number of hydrogen-bond acceptors (Lipinski definition) is 5. The summed E-state index contributed by atoms with van der Waals surface area (Å²) in [6.07, 6.45) is 6.28. The highest BCUT2D eigenvalue weighted by molar-refractivity contribution is 7.13. The molecule has 0 aliphatic heterocycles. The summed E-state index contributed by atoms with van der Waals surface area (Å²) in [6, 6.07) is 17.2. The lowest BCUT2D eigenvalue weighted by Gasteiger charge is -2.13. The molecule has 1 aliphatic rings. The third-order valence-corrected chi connectivity index (χ3v) is 7.18. The van der Waals surface area contributed by atoms with Crippen molar-refractivity contribution < 1.29 is 4.79 Å². The molecule has 0 spiro atoms. The van der Waals surface area contributed by atoms with Crippen LogP contribution in [0.25, 0.3) is 32.7 Å². The molecule has 0 bridgehead atoms. The predicted molar refractivity (Wildman–Crippen MR) is 138 cm³/mol. The van der Waals surface area contributed by atoms with Gasteiger partial charge >= 0.3 is 0 Å². The standard InChI is InChI=1S/C27H19ClN4OS/c28-18-7-8-23-21(14-18)25(20-5-2-6-22(20)31-23)26(33)30-19-4-1-3-17(13-19)24-15-34-27(32-24)16-9-11-29-12-10-16/h1,3-4,7-15H,2,5-6H2,(H,30,33). The Morgan fingerprint density at radius 3 is 2.74 bits per heavy atom. The summed E-state index contributed by atoms with van der Waals surface area (Å²) in [6.45, 7) is 0. The number of amides is 1. The molecule has 6 rings (SSSR count). The average Bonchev–Trinajstić information content (AvgIpc) is 3.53. The molecule has 0 unspecified atom stereocenters. The predicted octanol–water partition coefficient (Wildman–Crippen LogP) is 6.81. The Bertz CT molecular complexity index is 1550. The maximum atomic E-state index is 13.5. The summed E-state index contributed by atoms with van der Waals surface area (Å²) in [4.78, 5) is 27.2. The highest BCUT2D eigenvalue weighted by atomic mass is 35.5. The number of anilines is 1.